The summed E-state index contributed by atoms with van der Waals surface area (Å²) < 4.78 is 13.1. The van der Waals surface area contributed by atoms with E-state index in [-0.39, 0.29) is 5.41 Å². The van der Waals surface area contributed by atoms with Gasteiger partial charge in [-0.15, -0.1) is 4.68 Å². The minimum atomic E-state index is -0.331. The number of ether oxygens (including phenoxy) is 1. The molecule has 0 radical (unpaired) electrons. The Balaban J connectivity index is 1.01. The zero-order chi connectivity index (χ0) is 48.8. The van der Waals surface area contributed by atoms with Crippen LogP contribution in [0.15, 0.2) is 231 Å². The van der Waals surface area contributed by atoms with Crippen molar-refractivity contribution in [2.24, 2.45) is 0 Å². The van der Waals surface area contributed by atoms with E-state index < -0.39 is 0 Å². The highest BCUT2D eigenvalue weighted by atomic mass is 16.5. The van der Waals surface area contributed by atoms with E-state index in [4.69, 9.17) is 19.8 Å². The number of hydrogen-bond donors (Lipinski definition) is 0. The molecule has 7 heteroatoms. The maximum atomic E-state index is 6.99. The predicted molar refractivity (Wildman–Crippen MR) is 291 cm³/mol. The van der Waals surface area contributed by atoms with Crippen LogP contribution < -0.4 is 9.30 Å². The summed E-state index contributed by atoms with van der Waals surface area (Å²) in [5.74, 6) is 3.44. The Morgan fingerprint density at radius 3 is 1.65 bits per heavy atom. The third-order valence-electron chi connectivity index (χ3n) is 13.3. The lowest BCUT2D eigenvalue weighted by Gasteiger charge is -2.20. The molecule has 0 spiro atoms. The third-order valence-corrected chi connectivity index (χ3v) is 13.3. The minimum Gasteiger partial charge on any atom is -0.458 e. The highest BCUT2D eigenvalue weighted by Gasteiger charge is 2.24. The lowest BCUT2D eigenvalue weighted by molar-refractivity contribution is -0.587. The Morgan fingerprint density at radius 1 is 0.472 bits per heavy atom. The van der Waals surface area contributed by atoms with Crippen LogP contribution in [-0.4, -0.2) is 24.3 Å². The summed E-state index contributed by atoms with van der Waals surface area (Å²) in [7, 11) is 0. The first kappa shape index (κ1) is 44.0. The average Bonchev–Trinajstić information content (AvgIpc) is 4.01. The summed E-state index contributed by atoms with van der Waals surface area (Å²) in [6.07, 6.45) is 5.69. The van der Waals surface area contributed by atoms with E-state index in [2.05, 4.69) is 219 Å². The molecule has 4 heterocycles. The topological polar surface area (TPSA) is 61.6 Å². The fraction of sp³-hybridized carbons (Fsp3) is 0.0769. The van der Waals surface area contributed by atoms with Gasteiger partial charge in [0.15, 0.2) is 5.82 Å². The van der Waals surface area contributed by atoms with Crippen molar-refractivity contribution in [1.29, 1.82) is 0 Å². The van der Waals surface area contributed by atoms with E-state index in [9.17, 15) is 0 Å². The van der Waals surface area contributed by atoms with Gasteiger partial charge in [-0.2, -0.15) is 0 Å². The minimum absolute atomic E-state index is 0.331. The van der Waals surface area contributed by atoms with Crippen molar-refractivity contribution in [1.82, 2.24) is 24.3 Å². The number of aryl methyl sites for hydroxylation is 1. The van der Waals surface area contributed by atoms with E-state index in [1.54, 1.807) is 4.68 Å². The van der Waals surface area contributed by atoms with Crippen LogP contribution >= 0.6 is 0 Å². The summed E-state index contributed by atoms with van der Waals surface area (Å²) in [5, 5.41) is 7.57. The molecule has 0 saturated carbocycles. The number of para-hydroxylation sites is 1. The molecular formula is C65H50N6O. The summed E-state index contributed by atoms with van der Waals surface area (Å²) >= 11 is 0. The molecule has 0 aliphatic rings. The highest BCUT2D eigenvalue weighted by molar-refractivity contribution is 6.10. The van der Waals surface area contributed by atoms with Crippen LogP contribution in [0.5, 0.6) is 11.5 Å². The number of hydrogen-bond acceptors (Lipinski definition) is 4. The zero-order valence-corrected chi connectivity index (χ0v) is 40.5. The maximum Gasteiger partial charge on any atom is 0.232 e. The molecular weight excluding hydrogens is 881 g/mol. The van der Waals surface area contributed by atoms with Crippen molar-refractivity contribution < 1.29 is 9.30 Å². The molecule has 0 amide bonds. The third kappa shape index (κ3) is 8.31. The molecule has 0 N–H and O–H groups in total. The molecule has 4 aromatic heterocycles. The number of benzene rings is 8. The first-order chi connectivity index (χ1) is 35.2. The van der Waals surface area contributed by atoms with Crippen molar-refractivity contribution in [3.8, 4) is 84.7 Å². The summed E-state index contributed by atoms with van der Waals surface area (Å²) in [4.78, 5) is 10.4. The lowest BCUT2D eigenvalue weighted by Crippen LogP contribution is -2.33. The Hall–Kier alpha value is -9.20. The molecule has 12 rings (SSSR count). The summed E-state index contributed by atoms with van der Waals surface area (Å²) in [6, 6.07) is 77.9. The average molecular weight is 931 g/mol. The molecule has 0 fully saturated rings. The van der Waals surface area contributed by atoms with E-state index in [1.807, 2.05) is 54.7 Å². The van der Waals surface area contributed by atoms with Gasteiger partial charge < -0.3 is 9.30 Å². The monoisotopic (exact) mass is 930 g/mol. The van der Waals surface area contributed by atoms with Crippen LogP contribution in [0.3, 0.4) is 0 Å². The highest BCUT2D eigenvalue weighted by Crippen LogP contribution is 2.39. The second-order valence-corrected chi connectivity index (χ2v) is 19.2. The van der Waals surface area contributed by atoms with E-state index >= 15 is 0 Å². The molecule has 0 bridgehead atoms. The molecule has 0 atom stereocenters. The standard InChI is InChI=1S/C65H50N6O/c1-44-37-61(66-42-57(44)48-27-16-8-17-28-48)71-58-36-33-50(45-21-10-5-11-22-45)38-56(58)55-35-34-51(39-59(55)71)72-52-40-60(65(2,3)4)67-62(41-52)70-43-69(64(68-70)49-29-18-9-19-30-49)63-53(46-23-12-6-13-24-46)31-20-32-54(63)47-25-14-7-15-26-47/h5-42H,1-4H3. The normalized spacial score (nSPS) is 11.6. The quantitative estimate of drug-likeness (QED) is 0.101. The zero-order valence-electron chi connectivity index (χ0n) is 40.5. The molecule has 0 aliphatic heterocycles. The molecule has 72 heavy (non-hydrogen) atoms. The van der Waals surface area contributed by atoms with Crippen LogP contribution in [0.25, 0.3) is 95.0 Å². The largest absolute Gasteiger partial charge is 0.458 e. The van der Waals surface area contributed by atoms with Crippen LogP contribution in [0.1, 0.15) is 32.0 Å². The molecule has 0 aliphatic carbocycles. The van der Waals surface area contributed by atoms with E-state index in [1.165, 1.54) is 0 Å². The second kappa shape index (κ2) is 18.3. The Kier molecular flexibility index (Phi) is 11.2. The van der Waals surface area contributed by atoms with Gasteiger partial charge in [0.2, 0.25) is 12.2 Å². The van der Waals surface area contributed by atoms with Crippen LogP contribution in [-0.2, 0) is 5.41 Å². The Labute approximate surface area is 419 Å². The first-order valence-corrected chi connectivity index (χ1v) is 24.3. The molecule has 0 unspecified atom stereocenters. The molecule has 7 nitrogen and oxygen atoms in total. The van der Waals surface area contributed by atoms with Crippen LogP contribution in [0.2, 0.25) is 0 Å². The number of fused-ring (bicyclic) bond motifs is 3. The SMILES string of the molecule is Cc1cc(-n2c3ccc(-c4ccccc4)cc3c3ccc(Oc4cc(-n5[c-][n+](-c6c(-c7ccccc7)cccc6-c6ccccc6)c(-c6ccccc6)n5)nc(C(C)(C)C)c4)cc32)ncc1-c1ccccc1. The maximum absolute atomic E-state index is 6.99. The van der Waals surface area contributed by atoms with E-state index in [0.29, 0.717) is 17.3 Å². The summed E-state index contributed by atoms with van der Waals surface area (Å²) in [6.45, 7) is 8.65. The fourth-order valence-electron chi connectivity index (χ4n) is 9.71. The van der Waals surface area contributed by atoms with Crippen molar-refractivity contribution in [3.05, 3.63) is 248 Å². The van der Waals surface area contributed by atoms with Gasteiger partial charge in [0.1, 0.15) is 17.3 Å². The molecule has 0 saturated heterocycles. The Bertz CT molecular complexity index is 3860. The van der Waals surface area contributed by atoms with Gasteiger partial charge in [0.25, 0.3) is 0 Å². The first-order valence-electron chi connectivity index (χ1n) is 24.3. The number of aromatic nitrogens is 6. The lowest BCUT2D eigenvalue weighted by atomic mass is 9.91. The van der Waals surface area contributed by atoms with Crippen LogP contribution in [0.4, 0.5) is 0 Å². The smallest absolute Gasteiger partial charge is 0.232 e. The van der Waals surface area contributed by atoms with Gasteiger partial charge in [0, 0.05) is 63.1 Å². The molecule has 8 aromatic carbocycles. The van der Waals surface area contributed by atoms with Crippen LogP contribution in [0, 0.1) is 13.3 Å². The Morgan fingerprint density at radius 2 is 1.06 bits per heavy atom. The molecule has 346 valence electrons. The van der Waals surface area contributed by atoms with Gasteiger partial charge in [-0.1, -0.05) is 197 Å². The van der Waals surface area contributed by atoms with E-state index in [0.717, 1.165) is 100 Å². The van der Waals surface area contributed by atoms with Gasteiger partial charge in [-0.25, -0.2) is 4.98 Å². The predicted octanol–water partition coefficient (Wildman–Crippen LogP) is 15.6. The van der Waals surface area contributed by atoms with Crippen molar-refractivity contribution in [2.45, 2.75) is 33.1 Å². The molecule has 12 aromatic rings. The summed E-state index contributed by atoms with van der Waals surface area (Å²) in [5.41, 5.74) is 14.4. The van der Waals surface area contributed by atoms with Gasteiger partial charge >= 0.3 is 0 Å². The van der Waals surface area contributed by atoms with Crippen molar-refractivity contribution in [3.63, 3.8) is 0 Å². The van der Waals surface area contributed by atoms with Gasteiger partial charge in [0.05, 0.1) is 11.0 Å². The fourth-order valence-corrected chi connectivity index (χ4v) is 9.71. The second-order valence-electron chi connectivity index (χ2n) is 19.2. The number of pyridine rings is 2. The van der Waals surface area contributed by atoms with Gasteiger partial charge in [-0.3, -0.25) is 9.55 Å². The number of rotatable bonds is 10. The van der Waals surface area contributed by atoms with Crippen molar-refractivity contribution in [2.75, 3.05) is 0 Å². The number of nitrogens with zero attached hydrogens (tertiary/aromatic N) is 6. The van der Waals surface area contributed by atoms with Gasteiger partial charge in [-0.05, 0) is 86.9 Å². The van der Waals surface area contributed by atoms with Crippen molar-refractivity contribution >= 4 is 21.8 Å².